The predicted octanol–water partition coefficient (Wildman–Crippen LogP) is 0.734. The van der Waals surface area contributed by atoms with Crippen LogP contribution in [0.2, 0.25) is 0 Å². The maximum Gasteiger partial charge on any atom is 0.311 e. The van der Waals surface area contributed by atoms with E-state index >= 15 is 0 Å². The van der Waals surface area contributed by atoms with E-state index in [0.29, 0.717) is 0 Å². The Morgan fingerprint density at radius 3 is 2.75 bits per heavy atom. The van der Waals surface area contributed by atoms with Crippen molar-refractivity contribution in [2.75, 3.05) is 7.11 Å². The van der Waals surface area contributed by atoms with E-state index in [9.17, 15) is 18.4 Å². The van der Waals surface area contributed by atoms with E-state index in [1.54, 1.807) is 0 Å². The fraction of sp³-hybridized carbons (Fsp3) is 0.333. The lowest BCUT2D eigenvalue weighted by molar-refractivity contribution is -0.139. The largest absolute Gasteiger partial charge is 0.503 e. The fourth-order valence-electron chi connectivity index (χ4n) is 1.11. The molecule has 0 atom stereocenters. The second-order valence-corrected chi connectivity index (χ2v) is 2.97. The number of halogens is 2. The van der Waals surface area contributed by atoms with Gasteiger partial charge in [-0.15, -0.1) is 0 Å². The highest BCUT2D eigenvalue weighted by molar-refractivity contribution is 5.71. The van der Waals surface area contributed by atoms with Gasteiger partial charge in [-0.2, -0.15) is 0 Å². The predicted molar refractivity (Wildman–Crippen MR) is 49.4 cm³/mol. The van der Waals surface area contributed by atoms with Crippen molar-refractivity contribution in [3.8, 4) is 5.75 Å². The van der Waals surface area contributed by atoms with Gasteiger partial charge in [-0.05, 0) is 0 Å². The number of esters is 1. The molecule has 7 heteroatoms. The lowest BCUT2D eigenvalue weighted by Gasteiger charge is -2.06. The molecular formula is C9H9F2NO4. The number of aromatic amines is 1. The van der Waals surface area contributed by atoms with E-state index < -0.39 is 29.3 Å². The van der Waals surface area contributed by atoms with Gasteiger partial charge < -0.3 is 14.8 Å². The van der Waals surface area contributed by atoms with Gasteiger partial charge in [0, 0.05) is 11.8 Å². The molecular weight excluding hydrogens is 224 g/mol. The molecule has 0 aliphatic carbocycles. The summed E-state index contributed by atoms with van der Waals surface area (Å²) in [5.74, 6) is -1.72. The maximum atomic E-state index is 12.4. The third kappa shape index (κ3) is 2.56. The molecule has 5 nitrogen and oxygen atoms in total. The molecule has 0 aliphatic heterocycles. The lowest BCUT2D eigenvalue weighted by atomic mass is 10.2. The number of aromatic hydroxyl groups is 1. The van der Waals surface area contributed by atoms with Gasteiger partial charge in [0.1, 0.15) is 5.69 Å². The van der Waals surface area contributed by atoms with Crippen LogP contribution >= 0.6 is 0 Å². The first-order valence-corrected chi connectivity index (χ1v) is 4.25. The SMILES string of the molecule is COC(=O)Cc1cc(=O)c(O)c(C(F)F)[nH]1. The van der Waals surface area contributed by atoms with Crippen LogP contribution in [0.4, 0.5) is 8.78 Å². The van der Waals surface area contributed by atoms with Gasteiger partial charge >= 0.3 is 5.97 Å². The van der Waals surface area contributed by atoms with Crippen molar-refractivity contribution in [1.29, 1.82) is 0 Å². The molecule has 1 rings (SSSR count). The Labute approximate surface area is 88.7 Å². The first-order valence-electron chi connectivity index (χ1n) is 4.25. The molecule has 0 fully saturated rings. The van der Waals surface area contributed by atoms with Crippen molar-refractivity contribution in [2.24, 2.45) is 0 Å². The number of H-pyrrole nitrogens is 1. The monoisotopic (exact) mass is 233 g/mol. The van der Waals surface area contributed by atoms with Crippen LogP contribution in [0.25, 0.3) is 0 Å². The zero-order valence-electron chi connectivity index (χ0n) is 8.29. The van der Waals surface area contributed by atoms with Crippen LogP contribution in [-0.2, 0) is 16.0 Å². The Balaban J connectivity index is 3.14. The molecule has 0 aromatic carbocycles. The minimum atomic E-state index is -3.02. The molecule has 0 bridgehead atoms. The van der Waals surface area contributed by atoms with E-state index in [1.165, 1.54) is 0 Å². The molecule has 0 radical (unpaired) electrons. The van der Waals surface area contributed by atoms with Crippen LogP contribution in [-0.4, -0.2) is 23.2 Å². The molecule has 0 spiro atoms. The van der Waals surface area contributed by atoms with Gasteiger partial charge in [-0.25, -0.2) is 8.78 Å². The topological polar surface area (TPSA) is 79.4 Å². The average Bonchev–Trinajstić information content (AvgIpc) is 2.22. The summed E-state index contributed by atoms with van der Waals surface area (Å²) in [7, 11) is 1.13. The van der Waals surface area contributed by atoms with Crippen molar-refractivity contribution < 1.29 is 23.4 Å². The number of rotatable bonds is 3. The first kappa shape index (κ1) is 12.2. The lowest BCUT2D eigenvalue weighted by Crippen LogP contribution is -2.13. The van der Waals surface area contributed by atoms with E-state index in [-0.39, 0.29) is 12.1 Å². The minimum absolute atomic E-state index is 0.0371. The molecule has 0 unspecified atom stereocenters. The van der Waals surface area contributed by atoms with Gasteiger partial charge in [-0.1, -0.05) is 0 Å². The number of ether oxygens (including phenoxy) is 1. The summed E-state index contributed by atoms with van der Waals surface area (Å²) in [6, 6.07) is 0.873. The summed E-state index contributed by atoms with van der Waals surface area (Å²) in [5, 5.41) is 9.04. The van der Waals surface area contributed by atoms with E-state index in [1.807, 2.05) is 0 Å². The van der Waals surface area contributed by atoms with Gasteiger partial charge in [0.15, 0.2) is 5.75 Å². The van der Waals surface area contributed by atoms with Crippen molar-refractivity contribution >= 4 is 5.97 Å². The number of pyridine rings is 1. The summed E-state index contributed by atoms with van der Waals surface area (Å²) in [4.78, 5) is 24.1. The number of hydrogen-bond acceptors (Lipinski definition) is 4. The van der Waals surface area contributed by atoms with Gasteiger partial charge in [0.25, 0.3) is 6.43 Å². The Morgan fingerprint density at radius 1 is 1.62 bits per heavy atom. The fourth-order valence-corrected chi connectivity index (χ4v) is 1.11. The van der Waals surface area contributed by atoms with Crippen LogP contribution in [0.3, 0.4) is 0 Å². The van der Waals surface area contributed by atoms with Crippen LogP contribution in [0.5, 0.6) is 5.75 Å². The van der Waals surface area contributed by atoms with Crippen molar-refractivity contribution in [1.82, 2.24) is 4.98 Å². The van der Waals surface area contributed by atoms with E-state index in [0.717, 1.165) is 13.2 Å². The summed E-state index contributed by atoms with van der Waals surface area (Å²) < 4.78 is 29.0. The molecule has 2 N–H and O–H groups in total. The molecule has 88 valence electrons. The van der Waals surface area contributed by atoms with Crippen molar-refractivity contribution in [3.05, 3.63) is 27.7 Å². The highest BCUT2D eigenvalue weighted by atomic mass is 19.3. The number of carbonyl (C=O) groups excluding carboxylic acids is 1. The first-order chi connectivity index (χ1) is 7.45. The maximum absolute atomic E-state index is 12.4. The van der Waals surface area contributed by atoms with Gasteiger partial charge in [0.2, 0.25) is 5.43 Å². The quantitative estimate of drug-likeness (QED) is 0.754. The second-order valence-electron chi connectivity index (χ2n) is 2.97. The third-order valence-electron chi connectivity index (χ3n) is 1.87. The summed E-state index contributed by atoms with van der Waals surface area (Å²) >= 11 is 0. The zero-order chi connectivity index (χ0) is 12.3. The summed E-state index contributed by atoms with van der Waals surface area (Å²) in [6.07, 6.45) is -3.36. The van der Waals surface area contributed by atoms with Gasteiger partial charge in [0.05, 0.1) is 13.5 Å². The Hall–Kier alpha value is -1.92. The second kappa shape index (κ2) is 4.73. The average molecular weight is 233 g/mol. The number of hydrogen-bond donors (Lipinski definition) is 2. The molecule has 0 amide bonds. The van der Waals surface area contributed by atoms with E-state index in [2.05, 4.69) is 9.72 Å². The Bertz CT molecular complexity index is 455. The summed E-state index contributed by atoms with van der Waals surface area (Å²) in [6.45, 7) is 0. The number of carbonyl (C=O) groups is 1. The van der Waals surface area contributed by atoms with Crippen molar-refractivity contribution in [3.63, 3.8) is 0 Å². The number of nitrogens with one attached hydrogen (secondary N) is 1. The van der Waals surface area contributed by atoms with E-state index in [4.69, 9.17) is 5.11 Å². The molecule has 1 aromatic heterocycles. The number of methoxy groups -OCH3 is 1. The highest BCUT2D eigenvalue weighted by Crippen LogP contribution is 2.22. The number of aromatic nitrogens is 1. The third-order valence-corrected chi connectivity index (χ3v) is 1.87. The highest BCUT2D eigenvalue weighted by Gasteiger charge is 2.18. The molecule has 1 aromatic rings. The van der Waals surface area contributed by atoms with Gasteiger partial charge in [-0.3, -0.25) is 9.59 Å². The normalized spacial score (nSPS) is 10.5. The van der Waals surface area contributed by atoms with Crippen LogP contribution in [0.15, 0.2) is 10.9 Å². The van der Waals surface area contributed by atoms with Crippen LogP contribution in [0, 0.1) is 0 Å². The zero-order valence-corrected chi connectivity index (χ0v) is 8.29. The Morgan fingerprint density at radius 2 is 2.25 bits per heavy atom. The van der Waals surface area contributed by atoms with Crippen LogP contribution < -0.4 is 5.43 Å². The van der Waals surface area contributed by atoms with Crippen LogP contribution in [0.1, 0.15) is 17.8 Å². The molecule has 0 saturated carbocycles. The minimum Gasteiger partial charge on any atom is -0.503 e. The smallest absolute Gasteiger partial charge is 0.311 e. The molecule has 0 saturated heterocycles. The molecule has 0 aliphatic rings. The standard InChI is InChI=1S/C9H9F2NO4/c1-16-6(14)3-4-2-5(13)8(15)7(12-4)9(10)11/h2,9,15H,3H2,1H3,(H,12,13). The van der Waals surface area contributed by atoms with Crippen molar-refractivity contribution in [2.45, 2.75) is 12.8 Å². The molecule has 1 heterocycles. The summed E-state index contributed by atoms with van der Waals surface area (Å²) in [5.41, 5.74) is -1.90. The molecule has 16 heavy (non-hydrogen) atoms. The Kier molecular flexibility index (Phi) is 3.60. The number of alkyl halides is 2.